The zero-order valence-electron chi connectivity index (χ0n) is 34.9. The highest BCUT2D eigenvalue weighted by Crippen LogP contribution is 2.42. The third-order valence-corrected chi connectivity index (χ3v) is 12.4. The van der Waals surface area contributed by atoms with Crippen molar-refractivity contribution >= 4 is 88.2 Å². The van der Waals surface area contributed by atoms with Gasteiger partial charge in [0.15, 0.2) is 0 Å². The van der Waals surface area contributed by atoms with Crippen LogP contribution in [0.3, 0.4) is 0 Å². The van der Waals surface area contributed by atoms with Crippen molar-refractivity contribution in [2.75, 3.05) is 9.80 Å². The molecule has 1 aromatic heterocycles. The Balaban J connectivity index is 1.02. The van der Waals surface area contributed by atoms with Gasteiger partial charge in [-0.3, -0.25) is 0 Å². The van der Waals surface area contributed by atoms with Crippen LogP contribution in [0.25, 0.3) is 76.6 Å². The fourth-order valence-corrected chi connectivity index (χ4v) is 9.28. The fraction of sp³-hybridized carbons (Fsp3) is 0. The van der Waals surface area contributed by atoms with Gasteiger partial charge in [0.2, 0.25) is 0 Å². The molecule has 0 aliphatic heterocycles. The number of fused-ring (bicyclic) bond motifs is 8. The summed E-state index contributed by atoms with van der Waals surface area (Å²) in [6.45, 7) is 0. The number of hydrogen-bond acceptors (Lipinski definition) is 4. The number of benzene rings is 11. The van der Waals surface area contributed by atoms with Crippen molar-refractivity contribution in [1.82, 2.24) is 9.97 Å². The summed E-state index contributed by atoms with van der Waals surface area (Å²) in [4.78, 5) is 15.9. The van der Waals surface area contributed by atoms with Crippen LogP contribution in [0.1, 0.15) is 0 Å². The van der Waals surface area contributed by atoms with Crippen LogP contribution in [0.15, 0.2) is 243 Å². The number of hydrogen-bond donors (Lipinski definition) is 0. The number of aromatic nitrogens is 2. The number of anilines is 6. The topological polar surface area (TPSA) is 32.3 Å². The molecular weight excluding hydrogens is 777 g/mol. The second-order valence-electron chi connectivity index (χ2n) is 16.2. The average molecular weight is 817 g/mol. The highest BCUT2D eigenvalue weighted by Gasteiger charge is 2.20. The summed E-state index contributed by atoms with van der Waals surface area (Å²) < 4.78 is 0. The molecule has 0 aliphatic carbocycles. The first kappa shape index (κ1) is 37.2. The molecule has 4 nitrogen and oxygen atoms in total. The monoisotopic (exact) mass is 816 g/mol. The van der Waals surface area contributed by atoms with Crippen molar-refractivity contribution in [3.63, 3.8) is 0 Å². The highest BCUT2D eigenvalue weighted by atomic mass is 15.1. The maximum Gasteiger partial charge on any atom is 0.0979 e. The van der Waals surface area contributed by atoms with E-state index < -0.39 is 0 Å². The quantitative estimate of drug-likeness (QED) is 0.143. The van der Waals surface area contributed by atoms with E-state index in [2.05, 4.69) is 252 Å². The van der Waals surface area contributed by atoms with Gasteiger partial charge in [-0.2, -0.15) is 0 Å². The van der Waals surface area contributed by atoms with Gasteiger partial charge < -0.3 is 9.80 Å². The minimum absolute atomic E-state index is 0.832. The lowest BCUT2D eigenvalue weighted by atomic mass is 9.97. The van der Waals surface area contributed by atoms with E-state index in [0.29, 0.717) is 0 Å². The predicted molar refractivity (Wildman–Crippen MR) is 270 cm³/mol. The van der Waals surface area contributed by atoms with Crippen molar-refractivity contribution in [3.8, 4) is 22.5 Å². The van der Waals surface area contributed by atoms with Crippen LogP contribution in [-0.4, -0.2) is 9.97 Å². The van der Waals surface area contributed by atoms with Gasteiger partial charge in [-0.15, -0.1) is 0 Å². The van der Waals surface area contributed by atoms with Crippen LogP contribution in [-0.2, 0) is 0 Å². The first-order chi connectivity index (χ1) is 31.7. The Bertz CT molecular complexity index is 3420. The molecule has 12 aromatic rings. The Morgan fingerprint density at radius 1 is 0.234 bits per heavy atom. The third kappa shape index (κ3) is 6.57. The predicted octanol–water partition coefficient (Wildman–Crippen LogP) is 16.5. The SMILES string of the molecule is c1ccc(N(c2ccc(-c3nc4c5ccccc5c5ccccc5c4nc3-c3ccc(N(c4ccccc4)c4ccc5ccccc5c4)cc3)cc2)c2ccc3ccccc3c2)cc1. The van der Waals surface area contributed by atoms with E-state index >= 15 is 0 Å². The second-order valence-corrected chi connectivity index (χ2v) is 16.2. The van der Waals surface area contributed by atoms with Crippen LogP contribution >= 0.6 is 0 Å². The molecular formula is C60H40N4. The lowest BCUT2D eigenvalue weighted by Gasteiger charge is -2.26. The van der Waals surface area contributed by atoms with Crippen molar-refractivity contribution in [3.05, 3.63) is 243 Å². The number of nitrogens with zero attached hydrogens (tertiary/aromatic N) is 4. The summed E-state index contributed by atoms with van der Waals surface area (Å²) in [5, 5.41) is 9.34. The molecule has 0 spiro atoms. The standard InChI is InChI=1S/C60H40N4/c1-3-19-47(20-4-1)63(51-37-27-41-15-7-9-17-45(41)39-51)49-33-29-43(30-34-49)57-58(62-60-56-26-14-12-24-54(56)53-23-11-13-25-55(53)59(60)61-57)44-31-35-50(36-32-44)64(48-21-5-2-6-22-48)52-38-28-42-16-8-10-18-46(42)40-52/h1-40H. The molecule has 0 fully saturated rings. The summed E-state index contributed by atoms with van der Waals surface area (Å²) in [6, 6.07) is 86.2. The fourth-order valence-electron chi connectivity index (χ4n) is 9.28. The molecule has 4 heteroatoms. The molecule has 0 amide bonds. The Morgan fingerprint density at radius 2 is 0.547 bits per heavy atom. The normalized spacial score (nSPS) is 11.4. The maximum atomic E-state index is 5.62. The maximum absolute atomic E-state index is 5.62. The van der Waals surface area contributed by atoms with Crippen molar-refractivity contribution in [2.24, 2.45) is 0 Å². The van der Waals surface area contributed by atoms with E-state index in [1.807, 2.05) is 0 Å². The van der Waals surface area contributed by atoms with E-state index in [1.54, 1.807) is 0 Å². The van der Waals surface area contributed by atoms with E-state index in [0.717, 1.165) is 78.4 Å². The number of rotatable bonds is 8. The van der Waals surface area contributed by atoms with E-state index in [1.165, 1.54) is 32.3 Å². The molecule has 0 bridgehead atoms. The summed E-state index contributed by atoms with van der Waals surface area (Å²) in [6.07, 6.45) is 0. The first-order valence-corrected chi connectivity index (χ1v) is 21.7. The van der Waals surface area contributed by atoms with Gasteiger partial charge in [0, 0.05) is 56.0 Å². The summed E-state index contributed by atoms with van der Waals surface area (Å²) in [7, 11) is 0. The summed E-state index contributed by atoms with van der Waals surface area (Å²) in [5.74, 6) is 0. The van der Waals surface area contributed by atoms with Gasteiger partial charge >= 0.3 is 0 Å². The minimum atomic E-state index is 0.832. The van der Waals surface area contributed by atoms with E-state index in [-0.39, 0.29) is 0 Å². The highest BCUT2D eigenvalue weighted by molar-refractivity contribution is 6.23. The molecule has 0 aliphatic rings. The van der Waals surface area contributed by atoms with Crippen molar-refractivity contribution < 1.29 is 0 Å². The Labute approximate surface area is 371 Å². The third-order valence-electron chi connectivity index (χ3n) is 12.4. The van der Waals surface area contributed by atoms with Crippen LogP contribution in [0.2, 0.25) is 0 Å². The molecule has 0 saturated carbocycles. The molecule has 300 valence electrons. The van der Waals surface area contributed by atoms with Crippen LogP contribution in [0, 0.1) is 0 Å². The van der Waals surface area contributed by atoms with E-state index in [4.69, 9.17) is 9.97 Å². The van der Waals surface area contributed by atoms with E-state index in [9.17, 15) is 0 Å². The molecule has 11 aromatic carbocycles. The molecule has 0 atom stereocenters. The molecule has 1 heterocycles. The van der Waals surface area contributed by atoms with Gasteiger partial charge in [-0.1, -0.05) is 170 Å². The zero-order valence-corrected chi connectivity index (χ0v) is 34.9. The molecule has 64 heavy (non-hydrogen) atoms. The Hall–Kier alpha value is -8.60. The first-order valence-electron chi connectivity index (χ1n) is 21.7. The number of para-hydroxylation sites is 2. The smallest absolute Gasteiger partial charge is 0.0979 e. The summed E-state index contributed by atoms with van der Waals surface area (Å²) >= 11 is 0. The Morgan fingerprint density at radius 3 is 0.953 bits per heavy atom. The molecule has 0 N–H and O–H groups in total. The lowest BCUT2D eigenvalue weighted by molar-refractivity contribution is 1.27. The van der Waals surface area contributed by atoms with Gasteiger partial charge in [0.1, 0.15) is 0 Å². The van der Waals surface area contributed by atoms with Crippen LogP contribution < -0.4 is 9.80 Å². The average Bonchev–Trinajstić information content (AvgIpc) is 3.37. The van der Waals surface area contributed by atoms with Gasteiger partial charge in [-0.25, -0.2) is 9.97 Å². The molecule has 0 radical (unpaired) electrons. The van der Waals surface area contributed by atoms with Crippen LogP contribution in [0.5, 0.6) is 0 Å². The largest absolute Gasteiger partial charge is 0.310 e. The summed E-state index contributed by atoms with van der Waals surface area (Å²) in [5.41, 5.74) is 11.9. The Kier molecular flexibility index (Phi) is 9.12. The van der Waals surface area contributed by atoms with Crippen molar-refractivity contribution in [2.45, 2.75) is 0 Å². The zero-order chi connectivity index (χ0) is 42.4. The van der Waals surface area contributed by atoms with Gasteiger partial charge in [0.25, 0.3) is 0 Å². The van der Waals surface area contributed by atoms with Gasteiger partial charge in [-0.05, 0) is 105 Å². The molecule has 12 rings (SSSR count). The molecule has 0 saturated heterocycles. The van der Waals surface area contributed by atoms with Crippen molar-refractivity contribution in [1.29, 1.82) is 0 Å². The minimum Gasteiger partial charge on any atom is -0.310 e. The van der Waals surface area contributed by atoms with Gasteiger partial charge in [0.05, 0.1) is 22.4 Å². The molecule has 0 unspecified atom stereocenters. The second kappa shape index (κ2) is 15.7. The lowest BCUT2D eigenvalue weighted by Crippen LogP contribution is -2.10. The van der Waals surface area contributed by atoms with Crippen LogP contribution in [0.4, 0.5) is 34.1 Å².